The molecule has 1 atom stereocenters. The molecule has 108 valence electrons. The molecular formula is C14H18BrClN4. The summed E-state index contributed by atoms with van der Waals surface area (Å²) in [6, 6.07) is 5.51. The lowest BCUT2D eigenvalue weighted by Crippen LogP contribution is -2.18. The van der Waals surface area contributed by atoms with E-state index in [2.05, 4.69) is 39.9 Å². The van der Waals surface area contributed by atoms with E-state index in [0.29, 0.717) is 17.4 Å². The van der Waals surface area contributed by atoms with E-state index in [1.807, 2.05) is 22.9 Å². The SMILES string of the molecule is CC(C)Cn1ncnc1CC(N)c1cc(Br)ccc1Cl. The van der Waals surface area contributed by atoms with E-state index in [4.69, 9.17) is 17.3 Å². The van der Waals surface area contributed by atoms with Gasteiger partial charge in [-0.3, -0.25) is 0 Å². The highest BCUT2D eigenvalue weighted by Gasteiger charge is 2.15. The maximum absolute atomic E-state index is 6.27. The Labute approximate surface area is 132 Å². The molecule has 0 saturated carbocycles. The van der Waals surface area contributed by atoms with Crippen molar-refractivity contribution in [2.45, 2.75) is 32.9 Å². The van der Waals surface area contributed by atoms with Crippen LogP contribution in [0.1, 0.15) is 31.3 Å². The summed E-state index contributed by atoms with van der Waals surface area (Å²) < 4.78 is 2.88. The number of nitrogens with two attached hydrogens (primary N) is 1. The molecule has 1 unspecified atom stereocenters. The van der Waals surface area contributed by atoms with E-state index < -0.39 is 0 Å². The molecule has 0 aliphatic heterocycles. The minimum absolute atomic E-state index is 0.199. The number of hydrogen-bond donors (Lipinski definition) is 1. The molecule has 0 saturated heterocycles. The molecule has 0 radical (unpaired) electrons. The maximum Gasteiger partial charge on any atom is 0.138 e. The standard InChI is InChI=1S/C14H18BrClN4/c1-9(2)7-20-14(18-8-19-20)6-13(17)11-5-10(15)3-4-12(11)16/h3-5,8-9,13H,6-7,17H2,1-2H3. The first kappa shape index (κ1) is 15.5. The van der Waals surface area contributed by atoms with Crippen LogP contribution in [-0.4, -0.2) is 14.8 Å². The first-order valence-corrected chi connectivity index (χ1v) is 7.71. The summed E-state index contributed by atoms with van der Waals surface area (Å²) in [5.74, 6) is 1.41. The van der Waals surface area contributed by atoms with Crippen LogP contribution in [0.3, 0.4) is 0 Å². The summed E-state index contributed by atoms with van der Waals surface area (Å²) in [5.41, 5.74) is 7.19. The van der Waals surface area contributed by atoms with Gasteiger partial charge in [0.1, 0.15) is 12.2 Å². The van der Waals surface area contributed by atoms with Crippen molar-refractivity contribution in [3.8, 4) is 0 Å². The van der Waals surface area contributed by atoms with Crippen molar-refractivity contribution in [2.24, 2.45) is 11.7 Å². The molecule has 0 bridgehead atoms. The van der Waals surface area contributed by atoms with Crippen LogP contribution in [-0.2, 0) is 13.0 Å². The number of nitrogens with zero attached hydrogens (tertiary/aromatic N) is 3. The van der Waals surface area contributed by atoms with Crippen molar-refractivity contribution in [3.63, 3.8) is 0 Å². The Morgan fingerprint density at radius 2 is 2.15 bits per heavy atom. The summed E-state index contributed by atoms with van der Waals surface area (Å²) in [5, 5.41) is 4.93. The van der Waals surface area contributed by atoms with Gasteiger partial charge >= 0.3 is 0 Å². The zero-order chi connectivity index (χ0) is 14.7. The number of aromatic nitrogens is 3. The first-order valence-electron chi connectivity index (χ1n) is 6.54. The number of hydrogen-bond acceptors (Lipinski definition) is 3. The third-order valence-corrected chi connectivity index (χ3v) is 3.83. The lowest BCUT2D eigenvalue weighted by atomic mass is 10.0. The van der Waals surface area contributed by atoms with Crippen molar-refractivity contribution in [1.29, 1.82) is 0 Å². The van der Waals surface area contributed by atoms with Crippen molar-refractivity contribution in [3.05, 3.63) is 45.4 Å². The lowest BCUT2D eigenvalue weighted by molar-refractivity contribution is 0.459. The summed E-state index contributed by atoms with van der Waals surface area (Å²) in [4.78, 5) is 4.30. The third-order valence-electron chi connectivity index (χ3n) is 2.99. The van der Waals surface area contributed by atoms with Gasteiger partial charge in [0.2, 0.25) is 0 Å². The van der Waals surface area contributed by atoms with Gasteiger partial charge in [-0.15, -0.1) is 0 Å². The minimum Gasteiger partial charge on any atom is -0.324 e. The van der Waals surface area contributed by atoms with Crippen molar-refractivity contribution < 1.29 is 0 Å². The number of rotatable bonds is 5. The highest BCUT2D eigenvalue weighted by molar-refractivity contribution is 9.10. The van der Waals surface area contributed by atoms with Crippen LogP contribution in [0.25, 0.3) is 0 Å². The largest absolute Gasteiger partial charge is 0.324 e. The molecule has 0 spiro atoms. The van der Waals surface area contributed by atoms with Gasteiger partial charge in [-0.25, -0.2) is 9.67 Å². The quantitative estimate of drug-likeness (QED) is 0.889. The van der Waals surface area contributed by atoms with Crippen LogP contribution in [0.5, 0.6) is 0 Å². The van der Waals surface area contributed by atoms with Crippen LogP contribution < -0.4 is 5.73 Å². The zero-order valence-corrected chi connectivity index (χ0v) is 13.9. The Hall–Kier alpha value is -0.910. The van der Waals surface area contributed by atoms with Crippen molar-refractivity contribution in [1.82, 2.24) is 14.8 Å². The molecular weight excluding hydrogens is 340 g/mol. The molecule has 1 heterocycles. The molecule has 20 heavy (non-hydrogen) atoms. The Bertz CT molecular complexity index is 582. The van der Waals surface area contributed by atoms with Crippen LogP contribution in [0, 0.1) is 5.92 Å². The van der Waals surface area contributed by atoms with Gasteiger partial charge in [0.05, 0.1) is 0 Å². The predicted octanol–water partition coefficient (Wildman–Crippen LogP) is 3.59. The topological polar surface area (TPSA) is 56.7 Å². The third kappa shape index (κ3) is 3.81. The van der Waals surface area contributed by atoms with Gasteiger partial charge in [-0.1, -0.05) is 41.4 Å². The monoisotopic (exact) mass is 356 g/mol. The van der Waals surface area contributed by atoms with E-state index in [9.17, 15) is 0 Å². The molecule has 2 aromatic rings. The fourth-order valence-corrected chi connectivity index (χ4v) is 2.69. The smallest absolute Gasteiger partial charge is 0.138 e. The normalized spacial score (nSPS) is 12.9. The molecule has 0 aliphatic rings. The van der Waals surface area contributed by atoms with Gasteiger partial charge < -0.3 is 5.73 Å². The first-order chi connectivity index (χ1) is 9.47. The van der Waals surface area contributed by atoms with E-state index in [1.54, 1.807) is 6.33 Å². The van der Waals surface area contributed by atoms with Gasteiger partial charge in [-0.05, 0) is 29.7 Å². The highest BCUT2D eigenvalue weighted by Crippen LogP contribution is 2.27. The Morgan fingerprint density at radius 1 is 1.40 bits per heavy atom. The summed E-state index contributed by atoms with van der Waals surface area (Å²) >= 11 is 9.65. The molecule has 2 rings (SSSR count). The predicted molar refractivity (Wildman–Crippen MR) is 84.6 cm³/mol. The Kier molecular flexibility index (Phi) is 5.18. The average molecular weight is 358 g/mol. The molecule has 0 fully saturated rings. The second-order valence-electron chi connectivity index (χ2n) is 5.23. The summed E-state index contributed by atoms with van der Waals surface area (Å²) in [6.07, 6.45) is 2.19. The van der Waals surface area contributed by atoms with Crippen molar-refractivity contribution in [2.75, 3.05) is 0 Å². The molecule has 0 aliphatic carbocycles. The molecule has 4 nitrogen and oxygen atoms in total. The summed E-state index contributed by atoms with van der Waals surface area (Å²) in [6.45, 7) is 5.14. The van der Waals surface area contributed by atoms with Crippen LogP contribution >= 0.6 is 27.5 Å². The second-order valence-corrected chi connectivity index (χ2v) is 6.55. The van der Waals surface area contributed by atoms with Crippen molar-refractivity contribution >= 4 is 27.5 Å². The number of halogens is 2. The van der Waals surface area contributed by atoms with Gasteiger partial charge in [-0.2, -0.15) is 5.10 Å². The molecule has 1 aromatic heterocycles. The number of benzene rings is 1. The van der Waals surface area contributed by atoms with Crippen LogP contribution in [0.15, 0.2) is 29.0 Å². The Balaban J connectivity index is 2.17. The second kappa shape index (κ2) is 6.70. The summed E-state index contributed by atoms with van der Waals surface area (Å²) in [7, 11) is 0. The fraction of sp³-hybridized carbons (Fsp3) is 0.429. The van der Waals surface area contributed by atoms with Gasteiger partial charge in [0.15, 0.2) is 0 Å². The van der Waals surface area contributed by atoms with Gasteiger partial charge in [0, 0.05) is 28.5 Å². The molecule has 2 N–H and O–H groups in total. The molecule has 1 aromatic carbocycles. The van der Waals surface area contributed by atoms with E-state index in [-0.39, 0.29) is 6.04 Å². The zero-order valence-electron chi connectivity index (χ0n) is 11.6. The van der Waals surface area contributed by atoms with E-state index in [0.717, 1.165) is 22.4 Å². The highest BCUT2D eigenvalue weighted by atomic mass is 79.9. The fourth-order valence-electron chi connectivity index (χ4n) is 2.05. The average Bonchev–Trinajstić information content (AvgIpc) is 2.78. The Morgan fingerprint density at radius 3 is 2.85 bits per heavy atom. The van der Waals surface area contributed by atoms with Crippen LogP contribution in [0.4, 0.5) is 0 Å². The van der Waals surface area contributed by atoms with Crippen LogP contribution in [0.2, 0.25) is 5.02 Å². The molecule has 6 heteroatoms. The lowest BCUT2D eigenvalue weighted by Gasteiger charge is -2.15. The van der Waals surface area contributed by atoms with E-state index in [1.165, 1.54) is 0 Å². The van der Waals surface area contributed by atoms with Gasteiger partial charge in [0.25, 0.3) is 0 Å². The minimum atomic E-state index is -0.199. The van der Waals surface area contributed by atoms with E-state index >= 15 is 0 Å². The maximum atomic E-state index is 6.27. The molecule has 0 amide bonds.